The number of hydrogen-bond donors (Lipinski definition) is 0. The Bertz CT molecular complexity index is 555. The summed E-state index contributed by atoms with van der Waals surface area (Å²) in [7, 11) is 0. The average molecular weight is 256 g/mol. The molecule has 1 saturated carbocycles. The summed E-state index contributed by atoms with van der Waals surface area (Å²) in [6.07, 6.45) is 6.37. The van der Waals surface area contributed by atoms with Gasteiger partial charge in [0.25, 0.3) is 0 Å². The Morgan fingerprint density at radius 2 is 2.11 bits per heavy atom. The standard InChI is InChI=1S/C16H20N2O/c1-12(2)15-5-3-4-6-16(15)19-10-14-9-17-11-18(14)13-7-8-13/h3-6,9,11-13H,7-8,10H2,1-2H3. The lowest BCUT2D eigenvalue weighted by molar-refractivity contribution is 0.291. The minimum absolute atomic E-state index is 0.476. The molecule has 0 unspecified atom stereocenters. The first-order valence-electron chi connectivity index (χ1n) is 6.98. The molecule has 100 valence electrons. The Morgan fingerprint density at radius 3 is 2.84 bits per heavy atom. The first-order chi connectivity index (χ1) is 9.25. The van der Waals surface area contributed by atoms with Gasteiger partial charge in [0.15, 0.2) is 0 Å². The zero-order valence-corrected chi connectivity index (χ0v) is 11.5. The number of ether oxygens (including phenoxy) is 1. The van der Waals surface area contributed by atoms with Crippen LogP contribution in [0.2, 0.25) is 0 Å². The van der Waals surface area contributed by atoms with Crippen LogP contribution in [0.3, 0.4) is 0 Å². The van der Waals surface area contributed by atoms with Gasteiger partial charge in [0.05, 0.1) is 18.2 Å². The third-order valence-corrected chi connectivity index (χ3v) is 3.60. The summed E-state index contributed by atoms with van der Waals surface area (Å²) in [5.74, 6) is 1.46. The van der Waals surface area contributed by atoms with Gasteiger partial charge in [-0.3, -0.25) is 0 Å². The van der Waals surface area contributed by atoms with Crippen molar-refractivity contribution < 1.29 is 4.74 Å². The minimum Gasteiger partial charge on any atom is -0.487 e. The van der Waals surface area contributed by atoms with E-state index >= 15 is 0 Å². The fourth-order valence-corrected chi connectivity index (χ4v) is 2.37. The molecule has 1 aromatic carbocycles. The van der Waals surface area contributed by atoms with Crippen LogP contribution in [0.15, 0.2) is 36.8 Å². The Labute approximate surface area is 114 Å². The van der Waals surface area contributed by atoms with Crippen molar-refractivity contribution in [3.05, 3.63) is 48.0 Å². The second-order valence-corrected chi connectivity index (χ2v) is 5.50. The molecule has 1 aliphatic carbocycles. The minimum atomic E-state index is 0.476. The van der Waals surface area contributed by atoms with Crippen LogP contribution in [0, 0.1) is 0 Å². The van der Waals surface area contributed by atoms with Crippen LogP contribution < -0.4 is 4.74 Å². The van der Waals surface area contributed by atoms with Crippen molar-refractivity contribution in [3.63, 3.8) is 0 Å². The number of benzene rings is 1. The second-order valence-electron chi connectivity index (χ2n) is 5.50. The number of aromatic nitrogens is 2. The predicted molar refractivity (Wildman–Crippen MR) is 75.4 cm³/mol. The average Bonchev–Trinajstić information content (AvgIpc) is 3.15. The molecule has 3 heteroatoms. The second kappa shape index (κ2) is 5.08. The van der Waals surface area contributed by atoms with E-state index in [1.165, 1.54) is 24.1 Å². The summed E-state index contributed by atoms with van der Waals surface area (Å²) in [5.41, 5.74) is 2.43. The van der Waals surface area contributed by atoms with Gasteiger partial charge in [-0.05, 0) is 30.4 Å². The van der Waals surface area contributed by atoms with Gasteiger partial charge in [-0.2, -0.15) is 0 Å². The SMILES string of the molecule is CC(C)c1ccccc1OCc1cncn1C1CC1. The molecule has 0 spiro atoms. The van der Waals surface area contributed by atoms with E-state index in [0.717, 1.165) is 5.75 Å². The monoisotopic (exact) mass is 256 g/mol. The van der Waals surface area contributed by atoms with Crippen LogP contribution in [0.1, 0.15) is 49.9 Å². The lowest BCUT2D eigenvalue weighted by Gasteiger charge is -2.14. The Kier molecular flexibility index (Phi) is 3.28. The largest absolute Gasteiger partial charge is 0.487 e. The molecule has 0 radical (unpaired) electrons. The van der Waals surface area contributed by atoms with E-state index in [-0.39, 0.29) is 0 Å². The number of nitrogens with zero attached hydrogens (tertiary/aromatic N) is 2. The molecular weight excluding hydrogens is 236 g/mol. The highest BCUT2D eigenvalue weighted by molar-refractivity contribution is 5.35. The van der Waals surface area contributed by atoms with Gasteiger partial charge < -0.3 is 9.30 Å². The van der Waals surface area contributed by atoms with Crippen molar-refractivity contribution in [1.29, 1.82) is 0 Å². The highest BCUT2D eigenvalue weighted by Gasteiger charge is 2.25. The van der Waals surface area contributed by atoms with Gasteiger partial charge in [-0.15, -0.1) is 0 Å². The third-order valence-electron chi connectivity index (χ3n) is 3.60. The van der Waals surface area contributed by atoms with Gasteiger partial charge in [0.2, 0.25) is 0 Å². The van der Waals surface area contributed by atoms with E-state index in [2.05, 4.69) is 35.5 Å². The van der Waals surface area contributed by atoms with Gasteiger partial charge in [0.1, 0.15) is 12.4 Å². The molecule has 1 fully saturated rings. The van der Waals surface area contributed by atoms with Crippen molar-refractivity contribution in [3.8, 4) is 5.75 Å². The summed E-state index contributed by atoms with van der Waals surface area (Å²) in [5, 5.41) is 0. The molecular formula is C16H20N2O. The molecule has 1 aliphatic rings. The molecule has 0 N–H and O–H groups in total. The van der Waals surface area contributed by atoms with Crippen molar-refractivity contribution in [2.45, 2.75) is 45.3 Å². The van der Waals surface area contributed by atoms with Gasteiger partial charge in [-0.25, -0.2) is 4.98 Å². The van der Waals surface area contributed by atoms with Crippen LogP contribution >= 0.6 is 0 Å². The zero-order chi connectivity index (χ0) is 13.2. The maximum Gasteiger partial charge on any atom is 0.130 e. The lowest BCUT2D eigenvalue weighted by atomic mass is 10.0. The smallest absolute Gasteiger partial charge is 0.130 e. The molecule has 2 aromatic rings. The third kappa shape index (κ3) is 2.65. The van der Waals surface area contributed by atoms with Crippen LogP contribution in [0.5, 0.6) is 5.75 Å². The summed E-state index contributed by atoms with van der Waals surface area (Å²) in [6.45, 7) is 4.98. The number of para-hydroxylation sites is 1. The summed E-state index contributed by atoms with van der Waals surface area (Å²) in [4.78, 5) is 4.24. The molecule has 0 aliphatic heterocycles. The fraction of sp³-hybridized carbons (Fsp3) is 0.438. The molecule has 1 heterocycles. The fourth-order valence-electron chi connectivity index (χ4n) is 2.37. The maximum absolute atomic E-state index is 6.00. The van der Waals surface area contributed by atoms with Crippen molar-refractivity contribution in [2.24, 2.45) is 0 Å². The van der Waals surface area contributed by atoms with Gasteiger partial charge in [-0.1, -0.05) is 32.0 Å². The molecule has 0 saturated heterocycles. The van der Waals surface area contributed by atoms with Crippen LogP contribution in [-0.4, -0.2) is 9.55 Å². The number of imidazole rings is 1. The summed E-state index contributed by atoms with van der Waals surface area (Å²) >= 11 is 0. The topological polar surface area (TPSA) is 27.1 Å². The quantitative estimate of drug-likeness (QED) is 0.810. The van der Waals surface area contributed by atoms with Crippen LogP contribution in [-0.2, 0) is 6.61 Å². The highest BCUT2D eigenvalue weighted by atomic mass is 16.5. The van der Waals surface area contributed by atoms with Crippen molar-refractivity contribution >= 4 is 0 Å². The van der Waals surface area contributed by atoms with E-state index < -0.39 is 0 Å². The number of rotatable bonds is 5. The molecule has 3 rings (SSSR count). The Hall–Kier alpha value is -1.77. The van der Waals surface area contributed by atoms with Crippen molar-refractivity contribution in [1.82, 2.24) is 9.55 Å². The lowest BCUT2D eigenvalue weighted by Crippen LogP contribution is -2.05. The van der Waals surface area contributed by atoms with E-state index in [1.54, 1.807) is 0 Å². The predicted octanol–water partition coefficient (Wildman–Crippen LogP) is 3.92. The summed E-state index contributed by atoms with van der Waals surface area (Å²) in [6, 6.07) is 8.93. The first-order valence-corrected chi connectivity index (χ1v) is 6.98. The van der Waals surface area contributed by atoms with Gasteiger partial charge >= 0.3 is 0 Å². The first kappa shape index (κ1) is 12.3. The molecule has 3 nitrogen and oxygen atoms in total. The number of hydrogen-bond acceptors (Lipinski definition) is 2. The summed E-state index contributed by atoms with van der Waals surface area (Å²) < 4.78 is 8.25. The maximum atomic E-state index is 6.00. The van der Waals surface area contributed by atoms with E-state index in [4.69, 9.17) is 4.74 Å². The van der Waals surface area contributed by atoms with Gasteiger partial charge in [0, 0.05) is 6.04 Å². The van der Waals surface area contributed by atoms with E-state index in [9.17, 15) is 0 Å². The van der Waals surface area contributed by atoms with Crippen LogP contribution in [0.25, 0.3) is 0 Å². The molecule has 0 amide bonds. The normalized spacial score (nSPS) is 14.9. The highest BCUT2D eigenvalue weighted by Crippen LogP contribution is 2.36. The Balaban J connectivity index is 1.73. The molecule has 0 bridgehead atoms. The van der Waals surface area contributed by atoms with E-state index in [1.807, 2.05) is 24.7 Å². The Morgan fingerprint density at radius 1 is 1.32 bits per heavy atom. The zero-order valence-electron chi connectivity index (χ0n) is 11.5. The van der Waals surface area contributed by atoms with E-state index in [0.29, 0.717) is 18.6 Å². The molecule has 19 heavy (non-hydrogen) atoms. The van der Waals surface area contributed by atoms with Crippen molar-refractivity contribution in [2.75, 3.05) is 0 Å². The van der Waals surface area contributed by atoms with Crippen LogP contribution in [0.4, 0.5) is 0 Å². The molecule has 0 atom stereocenters. The molecule has 1 aromatic heterocycles.